The van der Waals surface area contributed by atoms with Gasteiger partial charge in [0, 0.05) is 12.1 Å². The second-order valence-corrected chi connectivity index (χ2v) is 3.00. The van der Waals surface area contributed by atoms with Gasteiger partial charge >= 0.3 is 0 Å². The molecule has 0 spiro atoms. The number of benzene rings is 1. The highest BCUT2D eigenvalue weighted by atomic mass is 16.5. The fourth-order valence-electron chi connectivity index (χ4n) is 1.44. The number of ether oxygens (including phenoxy) is 1. The first-order valence-electron chi connectivity index (χ1n) is 3.81. The Morgan fingerprint density at radius 3 is 3.18 bits per heavy atom. The predicted molar refractivity (Wildman–Crippen MR) is 44.6 cm³/mol. The fourth-order valence-corrected chi connectivity index (χ4v) is 1.44. The van der Waals surface area contributed by atoms with Crippen LogP contribution in [0.4, 0.5) is 5.69 Å². The van der Waals surface area contributed by atoms with Gasteiger partial charge in [-0.05, 0) is 30.7 Å². The highest BCUT2D eigenvalue weighted by molar-refractivity contribution is 5.49. The first-order valence-corrected chi connectivity index (χ1v) is 3.81. The number of nitrogens with two attached hydrogens (primary N) is 1. The molecule has 0 unspecified atom stereocenters. The van der Waals surface area contributed by atoms with Gasteiger partial charge in [-0.25, -0.2) is 0 Å². The minimum atomic E-state index is 0.312. The van der Waals surface area contributed by atoms with E-state index in [2.05, 4.69) is 6.92 Å². The number of nitrogen functional groups attached to an aromatic ring is 1. The monoisotopic (exact) mass is 149 g/mol. The highest BCUT2D eigenvalue weighted by Crippen LogP contribution is 2.29. The summed E-state index contributed by atoms with van der Waals surface area (Å²) in [6.07, 6.45) is 1.30. The Labute approximate surface area is 66.0 Å². The van der Waals surface area contributed by atoms with Crippen LogP contribution in [0.3, 0.4) is 0 Å². The summed E-state index contributed by atoms with van der Waals surface area (Å²) in [5.41, 5.74) is 7.68. The van der Waals surface area contributed by atoms with Crippen LogP contribution in [0.5, 0.6) is 5.75 Å². The Morgan fingerprint density at radius 1 is 1.55 bits per heavy atom. The second-order valence-electron chi connectivity index (χ2n) is 3.00. The van der Waals surface area contributed by atoms with Gasteiger partial charge in [0.1, 0.15) is 11.9 Å². The van der Waals surface area contributed by atoms with Gasteiger partial charge in [-0.1, -0.05) is 0 Å². The van der Waals surface area contributed by atoms with Gasteiger partial charge in [0.25, 0.3) is 0 Å². The van der Waals surface area contributed by atoms with E-state index in [9.17, 15) is 0 Å². The van der Waals surface area contributed by atoms with Crippen molar-refractivity contribution < 1.29 is 4.74 Å². The topological polar surface area (TPSA) is 35.2 Å². The third kappa shape index (κ3) is 1.04. The molecule has 2 heteroatoms. The maximum absolute atomic E-state index is 5.62. The molecule has 1 atom stereocenters. The van der Waals surface area contributed by atoms with Crippen molar-refractivity contribution in [1.82, 2.24) is 0 Å². The molecular weight excluding hydrogens is 138 g/mol. The zero-order chi connectivity index (χ0) is 7.84. The maximum Gasteiger partial charge on any atom is 0.123 e. The second kappa shape index (κ2) is 2.16. The summed E-state index contributed by atoms with van der Waals surface area (Å²) < 4.78 is 5.51. The van der Waals surface area contributed by atoms with E-state index in [0.717, 1.165) is 17.9 Å². The standard InChI is InChI=1S/C9H11NO/c1-6-4-7-5-8(10)2-3-9(7)11-6/h2-3,5-6H,4,10H2,1H3/t6-/m1/s1. The van der Waals surface area contributed by atoms with Crippen molar-refractivity contribution in [1.29, 1.82) is 0 Å². The van der Waals surface area contributed by atoms with Gasteiger partial charge in [-0.2, -0.15) is 0 Å². The summed E-state index contributed by atoms with van der Waals surface area (Å²) >= 11 is 0. The Balaban J connectivity index is 2.43. The Hall–Kier alpha value is -1.18. The van der Waals surface area contributed by atoms with E-state index >= 15 is 0 Å². The van der Waals surface area contributed by atoms with Crippen LogP contribution in [0.1, 0.15) is 12.5 Å². The molecule has 0 amide bonds. The molecule has 1 aromatic rings. The van der Waals surface area contributed by atoms with Crippen LogP contribution in [0.15, 0.2) is 18.2 Å². The molecule has 2 nitrogen and oxygen atoms in total. The van der Waals surface area contributed by atoms with Crippen LogP contribution in [0, 0.1) is 0 Å². The lowest BCUT2D eigenvalue weighted by atomic mass is 10.1. The van der Waals surface area contributed by atoms with Crippen molar-refractivity contribution in [3.63, 3.8) is 0 Å². The molecule has 0 aromatic heterocycles. The van der Waals surface area contributed by atoms with Gasteiger partial charge in [-0.15, -0.1) is 0 Å². The average molecular weight is 149 g/mol. The fraction of sp³-hybridized carbons (Fsp3) is 0.333. The number of anilines is 1. The lowest BCUT2D eigenvalue weighted by Gasteiger charge is -2.01. The Bertz CT molecular complexity index is 283. The summed E-state index contributed by atoms with van der Waals surface area (Å²) in [4.78, 5) is 0. The van der Waals surface area contributed by atoms with Gasteiger partial charge in [0.15, 0.2) is 0 Å². The first kappa shape index (κ1) is 6.53. The van der Waals surface area contributed by atoms with Crippen LogP contribution in [0.2, 0.25) is 0 Å². The average Bonchev–Trinajstić information content (AvgIpc) is 2.27. The lowest BCUT2D eigenvalue weighted by molar-refractivity contribution is 0.254. The summed E-state index contributed by atoms with van der Waals surface area (Å²) in [6, 6.07) is 5.80. The summed E-state index contributed by atoms with van der Waals surface area (Å²) in [5, 5.41) is 0. The zero-order valence-electron chi connectivity index (χ0n) is 6.50. The molecule has 11 heavy (non-hydrogen) atoms. The largest absolute Gasteiger partial charge is 0.490 e. The van der Waals surface area contributed by atoms with Crippen LogP contribution in [0.25, 0.3) is 0 Å². The van der Waals surface area contributed by atoms with Crippen molar-refractivity contribution in [2.45, 2.75) is 19.4 Å². The van der Waals surface area contributed by atoms with Crippen LogP contribution in [-0.4, -0.2) is 6.10 Å². The molecule has 0 aliphatic carbocycles. The molecule has 1 aliphatic heterocycles. The number of rotatable bonds is 0. The van der Waals surface area contributed by atoms with Gasteiger partial charge in [-0.3, -0.25) is 0 Å². The van der Waals surface area contributed by atoms with Crippen molar-refractivity contribution in [2.75, 3.05) is 5.73 Å². The highest BCUT2D eigenvalue weighted by Gasteiger charge is 2.17. The summed E-state index contributed by atoms with van der Waals surface area (Å²) in [6.45, 7) is 2.07. The minimum Gasteiger partial charge on any atom is -0.490 e. The maximum atomic E-state index is 5.62. The first-order chi connectivity index (χ1) is 5.25. The van der Waals surface area contributed by atoms with E-state index in [1.54, 1.807) is 0 Å². The molecule has 2 rings (SSSR count). The van der Waals surface area contributed by atoms with E-state index in [1.807, 2.05) is 18.2 Å². The third-order valence-corrected chi connectivity index (χ3v) is 1.92. The molecule has 0 radical (unpaired) electrons. The quantitative estimate of drug-likeness (QED) is 0.568. The van der Waals surface area contributed by atoms with Gasteiger partial charge in [0.2, 0.25) is 0 Å². The van der Waals surface area contributed by atoms with Crippen molar-refractivity contribution in [3.05, 3.63) is 23.8 Å². The Kier molecular flexibility index (Phi) is 1.28. The van der Waals surface area contributed by atoms with Crippen molar-refractivity contribution >= 4 is 5.69 Å². The summed E-state index contributed by atoms with van der Waals surface area (Å²) in [7, 11) is 0. The number of hydrogen-bond donors (Lipinski definition) is 1. The molecule has 58 valence electrons. The smallest absolute Gasteiger partial charge is 0.123 e. The van der Waals surface area contributed by atoms with Crippen LogP contribution in [-0.2, 0) is 6.42 Å². The van der Waals surface area contributed by atoms with E-state index in [1.165, 1.54) is 5.56 Å². The van der Waals surface area contributed by atoms with Crippen LogP contribution < -0.4 is 10.5 Å². The Morgan fingerprint density at radius 2 is 2.36 bits per heavy atom. The SMILES string of the molecule is C[C@@H]1Cc2cc(N)ccc2O1. The molecule has 1 heterocycles. The zero-order valence-corrected chi connectivity index (χ0v) is 6.50. The lowest BCUT2D eigenvalue weighted by Crippen LogP contribution is -2.05. The normalized spacial score (nSPS) is 21.0. The van der Waals surface area contributed by atoms with E-state index in [4.69, 9.17) is 10.5 Å². The van der Waals surface area contributed by atoms with E-state index < -0.39 is 0 Å². The molecule has 0 fully saturated rings. The third-order valence-electron chi connectivity index (χ3n) is 1.92. The molecule has 2 N–H and O–H groups in total. The van der Waals surface area contributed by atoms with Crippen LogP contribution >= 0.6 is 0 Å². The minimum absolute atomic E-state index is 0.312. The van der Waals surface area contributed by atoms with E-state index in [-0.39, 0.29) is 0 Å². The van der Waals surface area contributed by atoms with Gasteiger partial charge in [0.05, 0.1) is 0 Å². The molecule has 0 saturated heterocycles. The number of fused-ring (bicyclic) bond motifs is 1. The van der Waals surface area contributed by atoms with Crippen molar-refractivity contribution in [3.8, 4) is 5.75 Å². The molecular formula is C9H11NO. The molecule has 1 aliphatic rings. The van der Waals surface area contributed by atoms with Gasteiger partial charge < -0.3 is 10.5 Å². The predicted octanol–water partition coefficient (Wildman–Crippen LogP) is 1.59. The summed E-state index contributed by atoms with van der Waals surface area (Å²) in [5.74, 6) is 0.992. The number of hydrogen-bond acceptors (Lipinski definition) is 2. The van der Waals surface area contributed by atoms with Crippen molar-refractivity contribution in [2.24, 2.45) is 0 Å². The molecule has 1 aromatic carbocycles. The van der Waals surface area contributed by atoms with E-state index in [0.29, 0.717) is 6.10 Å². The molecule has 0 saturated carbocycles. The molecule has 0 bridgehead atoms.